The van der Waals surface area contributed by atoms with E-state index in [-0.39, 0.29) is 23.1 Å². The molecule has 2 rings (SSSR count). The average molecular weight is 298 g/mol. The van der Waals surface area contributed by atoms with Gasteiger partial charge in [0.15, 0.2) is 0 Å². The molecule has 5 nitrogen and oxygen atoms in total. The second-order valence-electron chi connectivity index (χ2n) is 5.10. The monoisotopic (exact) mass is 298 g/mol. The number of rotatable bonds is 4. The van der Waals surface area contributed by atoms with Gasteiger partial charge in [0.05, 0.1) is 5.56 Å². The Hall–Kier alpha value is -2.82. The van der Waals surface area contributed by atoms with Crippen LogP contribution >= 0.6 is 0 Å². The number of amides is 2. The third-order valence-corrected chi connectivity index (χ3v) is 3.21. The van der Waals surface area contributed by atoms with Gasteiger partial charge in [0.2, 0.25) is 0 Å². The zero-order valence-corrected chi connectivity index (χ0v) is 12.5. The molecule has 0 saturated carbocycles. The highest BCUT2D eigenvalue weighted by Crippen LogP contribution is 2.15. The molecule has 0 fully saturated rings. The van der Waals surface area contributed by atoms with E-state index in [4.69, 9.17) is 0 Å². The second-order valence-corrected chi connectivity index (χ2v) is 5.10. The molecule has 2 aromatic rings. The van der Waals surface area contributed by atoms with Crippen molar-refractivity contribution in [3.63, 3.8) is 0 Å². The van der Waals surface area contributed by atoms with Crippen LogP contribution in [0.2, 0.25) is 0 Å². The van der Waals surface area contributed by atoms with Crippen LogP contribution in [-0.4, -0.2) is 35.9 Å². The lowest BCUT2D eigenvalue weighted by Crippen LogP contribution is -2.23. The summed E-state index contributed by atoms with van der Waals surface area (Å²) in [5, 5.41) is 12.4. The van der Waals surface area contributed by atoms with Crippen LogP contribution in [0.5, 0.6) is 5.75 Å². The first-order chi connectivity index (χ1) is 10.5. The highest BCUT2D eigenvalue weighted by Gasteiger charge is 2.10. The Labute approximate surface area is 129 Å². The second kappa shape index (κ2) is 6.76. The summed E-state index contributed by atoms with van der Waals surface area (Å²) in [6.45, 7) is 0.323. The van der Waals surface area contributed by atoms with Crippen LogP contribution in [0.4, 0.5) is 0 Å². The van der Waals surface area contributed by atoms with E-state index in [0.717, 1.165) is 5.56 Å². The first kappa shape index (κ1) is 15.6. The third-order valence-electron chi connectivity index (χ3n) is 3.21. The Morgan fingerprint density at radius 2 is 1.68 bits per heavy atom. The van der Waals surface area contributed by atoms with Crippen molar-refractivity contribution in [2.24, 2.45) is 0 Å². The van der Waals surface area contributed by atoms with Gasteiger partial charge in [-0.15, -0.1) is 0 Å². The highest BCUT2D eigenvalue weighted by molar-refractivity contribution is 5.96. The summed E-state index contributed by atoms with van der Waals surface area (Å²) < 4.78 is 0. The number of carbonyl (C=O) groups is 2. The van der Waals surface area contributed by atoms with Gasteiger partial charge in [0.1, 0.15) is 5.75 Å². The van der Waals surface area contributed by atoms with E-state index in [1.807, 2.05) is 0 Å². The third kappa shape index (κ3) is 3.63. The number of carbonyl (C=O) groups excluding carboxylic acids is 2. The molecule has 0 saturated heterocycles. The largest absolute Gasteiger partial charge is 0.507 e. The van der Waals surface area contributed by atoms with Crippen molar-refractivity contribution in [2.45, 2.75) is 6.54 Å². The lowest BCUT2D eigenvalue weighted by atomic mass is 10.1. The smallest absolute Gasteiger partial charge is 0.255 e. The maximum atomic E-state index is 12.0. The number of para-hydroxylation sites is 1. The molecule has 0 heterocycles. The maximum Gasteiger partial charge on any atom is 0.255 e. The molecule has 0 aliphatic heterocycles. The lowest BCUT2D eigenvalue weighted by Gasteiger charge is -2.11. The molecule has 0 spiro atoms. The van der Waals surface area contributed by atoms with E-state index in [1.165, 1.54) is 11.0 Å². The van der Waals surface area contributed by atoms with Crippen LogP contribution in [0.25, 0.3) is 0 Å². The number of aromatic hydroxyl groups is 1. The number of phenols is 1. The number of benzene rings is 2. The zero-order valence-electron chi connectivity index (χ0n) is 12.5. The van der Waals surface area contributed by atoms with E-state index in [2.05, 4.69) is 5.32 Å². The van der Waals surface area contributed by atoms with Crippen LogP contribution in [0.3, 0.4) is 0 Å². The molecule has 0 atom stereocenters. The molecule has 0 bridgehead atoms. The van der Waals surface area contributed by atoms with Crippen molar-refractivity contribution in [2.75, 3.05) is 14.1 Å². The first-order valence-corrected chi connectivity index (χ1v) is 6.86. The standard InChI is InChI=1S/C17H18N2O3/c1-19(2)17(22)13-9-7-12(8-10-13)11-18-16(21)14-5-3-4-6-15(14)20/h3-10,20H,11H2,1-2H3,(H,18,21). The summed E-state index contributed by atoms with van der Waals surface area (Å²) in [7, 11) is 3.39. The topological polar surface area (TPSA) is 69.6 Å². The summed E-state index contributed by atoms with van der Waals surface area (Å²) >= 11 is 0. The van der Waals surface area contributed by atoms with E-state index >= 15 is 0 Å². The molecule has 0 aromatic heterocycles. The van der Waals surface area contributed by atoms with Crippen LogP contribution in [0.15, 0.2) is 48.5 Å². The molecule has 2 N–H and O–H groups in total. The molecular formula is C17H18N2O3. The summed E-state index contributed by atoms with van der Waals surface area (Å²) in [6.07, 6.45) is 0. The molecule has 2 amide bonds. The predicted octanol–water partition coefficient (Wildman–Crippen LogP) is 2.02. The van der Waals surface area contributed by atoms with Crippen molar-refractivity contribution in [1.82, 2.24) is 10.2 Å². The molecule has 2 aromatic carbocycles. The number of nitrogens with one attached hydrogen (secondary N) is 1. The van der Waals surface area contributed by atoms with Crippen molar-refractivity contribution >= 4 is 11.8 Å². The molecular weight excluding hydrogens is 280 g/mol. The van der Waals surface area contributed by atoms with Gasteiger partial charge in [-0.05, 0) is 29.8 Å². The van der Waals surface area contributed by atoms with Gasteiger partial charge in [0.25, 0.3) is 11.8 Å². The van der Waals surface area contributed by atoms with E-state index in [9.17, 15) is 14.7 Å². The van der Waals surface area contributed by atoms with Crippen LogP contribution in [0, 0.1) is 0 Å². The Balaban J connectivity index is 1.99. The molecule has 0 unspecified atom stereocenters. The zero-order chi connectivity index (χ0) is 16.1. The van der Waals surface area contributed by atoms with Crippen molar-refractivity contribution in [3.8, 4) is 5.75 Å². The maximum absolute atomic E-state index is 12.0. The minimum absolute atomic E-state index is 0.0491. The Morgan fingerprint density at radius 3 is 2.27 bits per heavy atom. The number of phenolic OH excluding ortho intramolecular Hbond substituents is 1. The van der Waals surface area contributed by atoms with Gasteiger partial charge < -0.3 is 15.3 Å². The predicted molar refractivity (Wildman–Crippen MR) is 83.7 cm³/mol. The van der Waals surface area contributed by atoms with Crippen molar-refractivity contribution in [3.05, 3.63) is 65.2 Å². The lowest BCUT2D eigenvalue weighted by molar-refractivity contribution is 0.0827. The summed E-state index contributed by atoms with van der Waals surface area (Å²) in [6, 6.07) is 13.4. The van der Waals surface area contributed by atoms with E-state index < -0.39 is 0 Å². The molecule has 5 heteroatoms. The molecule has 0 aliphatic carbocycles. The molecule has 114 valence electrons. The van der Waals surface area contributed by atoms with Gasteiger partial charge in [-0.1, -0.05) is 24.3 Å². The fourth-order valence-corrected chi connectivity index (χ4v) is 1.97. The molecule has 22 heavy (non-hydrogen) atoms. The van der Waals surface area contributed by atoms with Gasteiger partial charge >= 0.3 is 0 Å². The van der Waals surface area contributed by atoms with Gasteiger partial charge in [-0.3, -0.25) is 9.59 Å². The normalized spacial score (nSPS) is 10.1. The summed E-state index contributed by atoms with van der Waals surface area (Å²) in [5.74, 6) is -0.455. The molecule has 0 radical (unpaired) electrons. The van der Waals surface area contributed by atoms with Gasteiger partial charge in [-0.2, -0.15) is 0 Å². The number of nitrogens with zero attached hydrogens (tertiary/aromatic N) is 1. The fourth-order valence-electron chi connectivity index (χ4n) is 1.97. The quantitative estimate of drug-likeness (QED) is 0.907. The van der Waals surface area contributed by atoms with Crippen LogP contribution in [0.1, 0.15) is 26.3 Å². The minimum atomic E-state index is -0.341. The van der Waals surface area contributed by atoms with Gasteiger partial charge in [-0.25, -0.2) is 0 Å². The van der Waals surface area contributed by atoms with Crippen molar-refractivity contribution in [1.29, 1.82) is 0 Å². The van der Waals surface area contributed by atoms with Crippen LogP contribution in [-0.2, 0) is 6.54 Å². The highest BCUT2D eigenvalue weighted by atomic mass is 16.3. The van der Waals surface area contributed by atoms with E-state index in [1.54, 1.807) is 56.6 Å². The first-order valence-electron chi connectivity index (χ1n) is 6.86. The number of hydrogen-bond donors (Lipinski definition) is 2. The summed E-state index contributed by atoms with van der Waals surface area (Å²) in [5.41, 5.74) is 1.71. The summed E-state index contributed by atoms with van der Waals surface area (Å²) in [4.78, 5) is 25.3. The Bertz CT molecular complexity index is 679. The fraction of sp³-hybridized carbons (Fsp3) is 0.176. The van der Waals surface area contributed by atoms with E-state index in [0.29, 0.717) is 12.1 Å². The minimum Gasteiger partial charge on any atom is -0.507 e. The van der Waals surface area contributed by atoms with Crippen LogP contribution < -0.4 is 5.32 Å². The number of hydrogen-bond acceptors (Lipinski definition) is 3. The SMILES string of the molecule is CN(C)C(=O)c1ccc(CNC(=O)c2ccccc2O)cc1. The molecule has 0 aliphatic rings. The Morgan fingerprint density at radius 1 is 1.05 bits per heavy atom. The average Bonchev–Trinajstić information content (AvgIpc) is 2.52. The van der Waals surface area contributed by atoms with Crippen molar-refractivity contribution < 1.29 is 14.7 Å². The van der Waals surface area contributed by atoms with Gasteiger partial charge in [0, 0.05) is 26.2 Å². The Kier molecular flexibility index (Phi) is 4.78.